The molecule has 0 aliphatic carbocycles. The second-order valence-corrected chi connectivity index (χ2v) is 2.85. The van der Waals surface area contributed by atoms with Gasteiger partial charge in [0.15, 0.2) is 0 Å². The molecular formula is C11H15F3N2O. The van der Waals surface area contributed by atoms with Gasteiger partial charge in [-0.25, -0.2) is 0 Å². The molecule has 3 nitrogen and oxygen atoms in total. The maximum Gasteiger partial charge on any atom is 0.451 e. The molecule has 0 radical (unpaired) electrons. The summed E-state index contributed by atoms with van der Waals surface area (Å²) in [5, 5.41) is 2.38. The summed E-state index contributed by atoms with van der Waals surface area (Å²) >= 11 is 0. The number of carbonyl (C=O) groups is 1. The third-order valence-corrected chi connectivity index (χ3v) is 1.63. The number of alkyl halides is 3. The van der Waals surface area contributed by atoms with Crippen LogP contribution in [0.1, 0.15) is 19.5 Å². The molecular weight excluding hydrogens is 233 g/mol. The fraction of sp³-hybridized carbons (Fsp3) is 0.455. The first-order chi connectivity index (χ1) is 8.00. The second kappa shape index (κ2) is 7.78. The van der Waals surface area contributed by atoms with Crippen molar-refractivity contribution in [2.45, 2.75) is 26.6 Å². The summed E-state index contributed by atoms with van der Waals surface area (Å²) in [5.41, 5.74) is 0.590. The standard InChI is InChI=1S/C9H9F3N2O.C2H6/c10-9(11,12)8(15)6-13-5-7-3-1-2-4-14-7;1-2/h1-4,13H,5-6H2;1-2H3. The predicted octanol–water partition coefficient (Wildman–Crippen LogP) is 2.33. The van der Waals surface area contributed by atoms with E-state index in [1.54, 1.807) is 18.2 Å². The molecule has 0 amide bonds. The van der Waals surface area contributed by atoms with Crippen LogP contribution in [0.2, 0.25) is 0 Å². The molecule has 0 unspecified atom stereocenters. The van der Waals surface area contributed by atoms with Gasteiger partial charge in [-0.05, 0) is 12.1 Å². The van der Waals surface area contributed by atoms with Crippen LogP contribution in [-0.4, -0.2) is 23.5 Å². The lowest BCUT2D eigenvalue weighted by Gasteiger charge is -2.06. The Morgan fingerprint density at radius 2 is 2.00 bits per heavy atom. The number of halogens is 3. The minimum atomic E-state index is -4.77. The van der Waals surface area contributed by atoms with Crippen molar-refractivity contribution in [1.29, 1.82) is 0 Å². The molecule has 0 spiro atoms. The first kappa shape index (κ1) is 15.6. The third-order valence-electron chi connectivity index (χ3n) is 1.63. The van der Waals surface area contributed by atoms with Crippen molar-refractivity contribution in [3.05, 3.63) is 30.1 Å². The van der Waals surface area contributed by atoms with Crippen LogP contribution in [-0.2, 0) is 11.3 Å². The number of aromatic nitrogens is 1. The highest BCUT2D eigenvalue weighted by Crippen LogP contribution is 2.14. The molecule has 0 fully saturated rings. The molecule has 96 valence electrons. The van der Waals surface area contributed by atoms with Crippen LogP contribution in [0.15, 0.2) is 24.4 Å². The molecule has 17 heavy (non-hydrogen) atoms. The highest BCUT2D eigenvalue weighted by molar-refractivity contribution is 5.85. The summed E-state index contributed by atoms with van der Waals surface area (Å²) in [5.74, 6) is -1.78. The van der Waals surface area contributed by atoms with Crippen molar-refractivity contribution < 1.29 is 18.0 Å². The fourth-order valence-electron chi connectivity index (χ4n) is 0.907. The monoisotopic (exact) mass is 248 g/mol. The molecule has 0 saturated heterocycles. The average molecular weight is 248 g/mol. The van der Waals surface area contributed by atoms with E-state index < -0.39 is 18.5 Å². The zero-order valence-corrected chi connectivity index (χ0v) is 9.71. The van der Waals surface area contributed by atoms with E-state index in [0.717, 1.165) is 0 Å². The summed E-state index contributed by atoms with van der Waals surface area (Å²) in [6.45, 7) is 3.42. The number of hydrogen-bond acceptors (Lipinski definition) is 3. The van der Waals surface area contributed by atoms with Gasteiger partial charge < -0.3 is 5.32 Å². The average Bonchev–Trinajstić information content (AvgIpc) is 2.32. The SMILES string of the molecule is CC.O=C(CNCc1ccccn1)C(F)(F)F. The number of Topliss-reactive ketones (excluding diaryl/α,β-unsaturated/α-hetero) is 1. The van der Waals surface area contributed by atoms with Crippen molar-refractivity contribution in [1.82, 2.24) is 10.3 Å². The number of pyridine rings is 1. The Kier molecular flexibility index (Phi) is 7.13. The highest BCUT2D eigenvalue weighted by atomic mass is 19.4. The van der Waals surface area contributed by atoms with Crippen molar-refractivity contribution in [2.24, 2.45) is 0 Å². The Labute approximate surface area is 98.1 Å². The molecule has 1 rings (SSSR count). The van der Waals surface area contributed by atoms with Crippen LogP contribution in [0.5, 0.6) is 0 Å². The number of ketones is 1. The summed E-state index contributed by atoms with van der Waals surface area (Å²) in [6, 6.07) is 5.07. The van der Waals surface area contributed by atoms with Gasteiger partial charge in [-0.15, -0.1) is 0 Å². The summed E-state index contributed by atoms with van der Waals surface area (Å²) in [6.07, 6.45) is -3.24. The topological polar surface area (TPSA) is 42.0 Å². The molecule has 0 aliphatic rings. The van der Waals surface area contributed by atoms with Gasteiger partial charge in [0.2, 0.25) is 5.78 Å². The Bertz CT molecular complexity index is 325. The van der Waals surface area contributed by atoms with Crippen molar-refractivity contribution in [3.63, 3.8) is 0 Å². The van der Waals surface area contributed by atoms with E-state index in [9.17, 15) is 18.0 Å². The zero-order valence-electron chi connectivity index (χ0n) is 9.71. The molecule has 0 aromatic carbocycles. The molecule has 0 atom stereocenters. The van der Waals surface area contributed by atoms with Crippen LogP contribution >= 0.6 is 0 Å². The van der Waals surface area contributed by atoms with Gasteiger partial charge in [-0.2, -0.15) is 13.2 Å². The van der Waals surface area contributed by atoms with E-state index in [1.165, 1.54) is 6.20 Å². The molecule has 1 N–H and O–H groups in total. The first-order valence-corrected chi connectivity index (χ1v) is 5.21. The predicted molar refractivity (Wildman–Crippen MR) is 58.4 cm³/mol. The molecule has 0 bridgehead atoms. The smallest absolute Gasteiger partial charge is 0.304 e. The first-order valence-electron chi connectivity index (χ1n) is 5.21. The van der Waals surface area contributed by atoms with Gasteiger partial charge >= 0.3 is 6.18 Å². The van der Waals surface area contributed by atoms with Crippen molar-refractivity contribution in [2.75, 3.05) is 6.54 Å². The lowest BCUT2D eigenvalue weighted by atomic mass is 10.3. The minimum Gasteiger partial charge on any atom is -0.304 e. The van der Waals surface area contributed by atoms with E-state index in [2.05, 4.69) is 10.3 Å². The van der Waals surface area contributed by atoms with Crippen molar-refractivity contribution in [3.8, 4) is 0 Å². The molecule has 0 saturated carbocycles. The lowest BCUT2D eigenvalue weighted by Crippen LogP contribution is -2.33. The van der Waals surface area contributed by atoms with Gasteiger partial charge in [0.25, 0.3) is 0 Å². The van der Waals surface area contributed by atoms with Crippen LogP contribution in [0.3, 0.4) is 0 Å². The number of carbonyl (C=O) groups excluding carboxylic acids is 1. The van der Waals surface area contributed by atoms with Gasteiger partial charge in [0.05, 0.1) is 12.2 Å². The van der Waals surface area contributed by atoms with E-state index in [1.807, 2.05) is 13.8 Å². The molecule has 6 heteroatoms. The Hall–Kier alpha value is -1.43. The number of hydrogen-bond donors (Lipinski definition) is 1. The Morgan fingerprint density at radius 1 is 1.35 bits per heavy atom. The number of nitrogens with zero attached hydrogens (tertiary/aromatic N) is 1. The van der Waals surface area contributed by atoms with Crippen LogP contribution < -0.4 is 5.32 Å². The second-order valence-electron chi connectivity index (χ2n) is 2.85. The number of rotatable bonds is 4. The summed E-state index contributed by atoms with van der Waals surface area (Å²) in [4.78, 5) is 14.3. The molecule has 0 aliphatic heterocycles. The quantitative estimate of drug-likeness (QED) is 0.889. The van der Waals surface area contributed by atoms with Gasteiger partial charge in [-0.3, -0.25) is 9.78 Å². The van der Waals surface area contributed by atoms with E-state index in [-0.39, 0.29) is 6.54 Å². The fourth-order valence-corrected chi connectivity index (χ4v) is 0.907. The molecule has 1 aromatic rings. The van der Waals surface area contributed by atoms with E-state index >= 15 is 0 Å². The summed E-state index contributed by atoms with van der Waals surface area (Å²) in [7, 11) is 0. The minimum absolute atomic E-state index is 0.142. The van der Waals surface area contributed by atoms with Gasteiger partial charge in [-0.1, -0.05) is 19.9 Å². The Morgan fingerprint density at radius 3 is 2.47 bits per heavy atom. The maximum absolute atomic E-state index is 11.8. The third kappa shape index (κ3) is 6.68. The Balaban J connectivity index is 0.00000121. The molecule has 1 aromatic heterocycles. The van der Waals surface area contributed by atoms with Crippen molar-refractivity contribution >= 4 is 5.78 Å². The maximum atomic E-state index is 11.8. The van der Waals surface area contributed by atoms with Crippen LogP contribution in [0.25, 0.3) is 0 Å². The number of nitrogens with one attached hydrogen (secondary N) is 1. The highest BCUT2D eigenvalue weighted by Gasteiger charge is 2.37. The van der Waals surface area contributed by atoms with E-state index in [0.29, 0.717) is 5.69 Å². The van der Waals surface area contributed by atoms with E-state index in [4.69, 9.17) is 0 Å². The van der Waals surface area contributed by atoms with Crippen LogP contribution in [0.4, 0.5) is 13.2 Å². The molecule has 1 heterocycles. The normalized spacial score (nSPS) is 10.4. The summed E-state index contributed by atoms with van der Waals surface area (Å²) < 4.78 is 35.3. The largest absolute Gasteiger partial charge is 0.451 e. The van der Waals surface area contributed by atoms with Crippen LogP contribution in [0, 0.1) is 0 Å². The van der Waals surface area contributed by atoms with Gasteiger partial charge in [0.1, 0.15) is 0 Å². The lowest BCUT2D eigenvalue weighted by molar-refractivity contribution is -0.169. The zero-order chi connectivity index (χ0) is 13.3. The van der Waals surface area contributed by atoms with Gasteiger partial charge in [0, 0.05) is 12.7 Å².